The van der Waals surface area contributed by atoms with E-state index in [4.69, 9.17) is 5.73 Å². The van der Waals surface area contributed by atoms with E-state index in [1.165, 1.54) is 19.3 Å². The van der Waals surface area contributed by atoms with Crippen LogP contribution >= 0.6 is 0 Å². The lowest BCUT2D eigenvalue weighted by Crippen LogP contribution is -2.26. The van der Waals surface area contributed by atoms with E-state index in [9.17, 15) is 4.79 Å². The normalized spacial score (nSPS) is 17.5. The third kappa shape index (κ3) is 3.14. The molecule has 1 heterocycles. The van der Waals surface area contributed by atoms with Crippen LogP contribution in [0.5, 0.6) is 0 Å². The molecule has 1 aromatic heterocycles. The Morgan fingerprint density at radius 1 is 1.36 bits per heavy atom. The van der Waals surface area contributed by atoms with Gasteiger partial charge in [0.25, 0.3) is 0 Å². The van der Waals surface area contributed by atoms with Crippen molar-refractivity contribution in [3.63, 3.8) is 0 Å². The van der Waals surface area contributed by atoms with E-state index in [1.54, 1.807) is 0 Å². The first-order valence-corrected chi connectivity index (χ1v) is 8.17. The highest BCUT2D eigenvalue weighted by Crippen LogP contribution is 2.34. The second-order valence-corrected chi connectivity index (χ2v) is 6.32. The van der Waals surface area contributed by atoms with Crippen LogP contribution in [0.2, 0.25) is 0 Å². The molecule has 3 rings (SSSR count). The Morgan fingerprint density at radius 2 is 2.09 bits per heavy atom. The first-order chi connectivity index (χ1) is 10.6. The van der Waals surface area contributed by atoms with Gasteiger partial charge in [0.05, 0.1) is 11.0 Å². The van der Waals surface area contributed by atoms with Crippen LogP contribution < -0.4 is 11.1 Å². The molecule has 0 radical (unpaired) electrons. The van der Waals surface area contributed by atoms with Gasteiger partial charge >= 0.3 is 0 Å². The lowest BCUT2D eigenvalue weighted by atomic mass is 9.95. The van der Waals surface area contributed by atoms with Gasteiger partial charge in [-0.25, -0.2) is 4.98 Å². The number of rotatable bonds is 4. The van der Waals surface area contributed by atoms with E-state index in [2.05, 4.69) is 20.9 Å². The minimum Gasteiger partial charge on any atom is -0.327 e. The van der Waals surface area contributed by atoms with E-state index in [1.807, 2.05) is 25.1 Å². The molecule has 1 atom stereocenters. The highest BCUT2D eigenvalue weighted by Gasteiger charge is 2.22. The van der Waals surface area contributed by atoms with Crippen LogP contribution in [0.25, 0.3) is 11.0 Å². The molecule has 1 saturated carbocycles. The molecule has 1 unspecified atom stereocenters. The Kier molecular flexibility index (Phi) is 4.43. The Hall–Kier alpha value is -1.88. The van der Waals surface area contributed by atoms with E-state index >= 15 is 0 Å². The van der Waals surface area contributed by atoms with Crippen molar-refractivity contribution in [3.05, 3.63) is 24.3 Å². The van der Waals surface area contributed by atoms with Gasteiger partial charge < -0.3 is 10.3 Å². The van der Waals surface area contributed by atoms with Crippen molar-refractivity contribution in [2.75, 3.05) is 5.32 Å². The van der Waals surface area contributed by atoms with Gasteiger partial charge in [0.1, 0.15) is 0 Å². The summed E-state index contributed by atoms with van der Waals surface area (Å²) in [5.74, 6) is 0.598. The summed E-state index contributed by atoms with van der Waals surface area (Å²) in [6.07, 6.45) is 6.39. The molecule has 0 spiro atoms. The number of benzene rings is 1. The Labute approximate surface area is 130 Å². The lowest BCUT2D eigenvalue weighted by molar-refractivity contribution is -0.116. The van der Waals surface area contributed by atoms with Gasteiger partial charge in [0.2, 0.25) is 11.9 Å². The number of amides is 1. The number of nitrogens with two attached hydrogens (primary N) is 1. The maximum atomic E-state index is 12.1. The summed E-state index contributed by atoms with van der Waals surface area (Å²) >= 11 is 0. The summed E-state index contributed by atoms with van der Waals surface area (Å²) in [6.45, 7) is 1.84. The average Bonchev–Trinajstić information content (AvgIpc) is 2.84. The molecule has 1 aliphatic rings. The number of aromatic nitrogens is 2. The molecule has 2 aromatic rings. The average molecular weight is 300 g/mol. The molecule has 1 aliphatic carbocycles. The molecule has 3 N–H and O–H groups in total. The van der Waals surface area contributed by atoms with Gasteiger partial charge in [-0.2, -0.15) is 0 Å². The highest BCUT2D eigenvalue weighted by atomic mass is 16.1. The van der Waals surface area contributed by atoms with Gasteiger partial charge in [-0.05, 0) is 31.9 Å². The number of carbonyl (C=O) groups is 1. The quantitative estimate of drug-likeness (QED) is 0.910. The molecule has 1 aromatic carbocycles. The van der Waals surface area contributed by atoms with E-state index < -0.39 is 0 Å². The fourth-order valence-electron chi connectivity index (χ4n) is 3.31. The van der Waals surface area contributed by atoms with Crippen molar-refractivity contribution in [1.29, 1.82) is 0 Å². The molecule has 1 fully saturated rings. The maximum Gasteiger partial charge on any atom is 0.228 e. The van der Waals surface area contributed by atoms with Crippen molar-refractivity contribution in [2.24, 2.45) is 5.73 Å². The first kappa shape index (κ1) is 15.0. The van der Waals surface area contributed by atoms with Crippen LogP contribution in [0.4, 0.5) is 5.95 Å². The summed E-state index contributed by atoms with van der Waals surface area (Å²) in [5, 5.41) is 2.96. The SMILES string of the molecule is CC(N)CC(=O)Nc1nc2ccccc2n1C1CCCCC1. The predicted octanol–water partition coefficient (Wildman–Crippen LogP) is 3.22. The van der Waals surface area contributed by atoms with Crippen LogP contribution in [0.1, 0.15) is 51.5 Å². The molecule has 118 valence electrons. The summed E-state index contributed by atoms with van der Waals surface area (Å²) in [5.41, 5.74) is 7.75. The van der Waals surface area contributed by atoms with Gasteiger partial charge in [-0.3, -0.25) is 10.1 Å². The van der Waals surface area contributed by atoms with Crippen molar-refractivity contribution in [1.82, 2.24) is 9.55 Å². The molecular weight excluding hydrogens is 276 g/mol. The third-order valence-electron chi connectivity index (χ3n) is 4.29. The monoisotopic (exact) mass is 300 g/mol. The van der Waals surface area contributed by atoms with Gasteiger partial charge in [-0.15, -0.1) is 0 Å². The predicted molar refractivity (Wildman–Crippen MR) is 88.8 cm³/mol. The Morgan fingerprint density at radius 3 is 2.82 bits per heavy atom. The fraction of sp³-hybridized carbons (Fsp3) is 0.529. The molecule has 5 heteroatoms. The Bertz CT molecular complexity index is 656. The molecule has 5 nitrogen and oxygen atoms in total. The van der Waals surface area contributed by atoms with Crippen LogP contribution in [-0.2, 0) is 4.79 Å². The summed E-state index contributed by atoms with van der Waals surface area (Å²) in [6, 6.07) is 8.36. The topological polar surface area (TPSA) is 72.9 Å². The molecule has 1 amide bonds. The third-order valence-corrected chi connectivity index (χ3v) is 4.29. The van der Waals surface area contributed by atoms with E-state index in [0.29, 0.717) is 18.4 Å². The fourth-order valence-corrected chi connectivity index (χ4v) is 3.31. The number of carbonyl (C=O) groups excluding carboxylic acids is 1. The van der Waals surface area contributed by atoms with Crippen molar-refractivity contribution in [2.45, 2.75) is 57.5 Å². The zero-order valence-electron chi connectivity index (χ0n) is 13.1. The Balaban J connectivity index is 1.95. The van der Waals surface area contributed by atoms with E-state index in [0.717, 1.165) is 23.9 Å². The zero-order valence-corrected chi connectivity index (χ0v) is 13.1. The van der Waals surface area contributed by atoms with Crippen LogP contribution in [0.3, 0.4) is 0 Å². The smallest absolute Gasteiger partial charge is 0.228 e. The molecule has 0 aliphatic heterocycles. The van der Waals surface area contributed by atoms with Gasteiger partial charge in [0.15, 0.2) is 0 Å². The van der Waals surface area contributed by atoms with E-state index in [-0.39, 0.29) is 11.9 Å². The maximum absolute atomic E-state index is 12.1. The number of nitrogens with zero attached hydrogens (tertiary/aromatic N) is 2. The number of imidazole rings is 1. The van der Waals surface area contributed by atoms with Crippen molar-refractivity contribution >= 4 is 22.9 Å². The summed E-state index contributed by atoms with van der Waals surface area (Å²) in [7, 11) is 0. The van der Waals surface area contributed by atoms with Gasteiger partial charge in [-0.1, -0.05) is 31.4 Å². The first-order valence-electron chi connectivity index (χ1n) is 8.17. The lowest BCUT2D eigenvalue weighted by Gasteiger charge is -2.25. The number of nitrogens with one attached hydrogen (secondary N) is 1. The number of para-hydroxylation sites is 2. The molecule has 0 bridgehead atoms. The molecule has 0 saturated heterocycles. The van der Waals surface area contributed by atoms with Crippen molar-refractivity contribution in [3.8, 4) is 0 Å². The molecular formula is C17H24N4O. The highest BCUT2D eigenvalue weighted by molar-refractivity contribution is 5.91. The van der Waals surface area contributed by atoms with Crippen molar-refractivity contribution < 1.29 is 4.79 Å². The van der Waals surface area contributed by atoms with Crippen LogP contribution in [0, 0.1) is 0 Å². The molecule has 22 heavy (non-hydrogen) atoms. The second kappa shape index (κ2) is 6.48. The summed E-state index contributed by atoms with van der Waals surface area (Å²) in [4.78, 5) is 16.7. The minimum atomic E-state index is -0.146. The van der Waals surface area contributed by atoms with Crippen LogP contribution in [-0.4, -0.2) is 21.5 Å². The van der Waals surface area contributed by atoms with Gasteiger partial charge in [0, 0.05) is 18.5 Å². The number of hydrogen-bond donors (Lipinski definition) is 2. The zero-order chi connectivity index (χ0) is 15.5. The number of fused-ring (bicyclic) bond motifs is 1. The summed E-state index contributed by atoms with van der Waals surface area (Å²) < 4.78 is 2.22. The van der Waals surface area contributed by atoms with Crippen LogP contribution in [0.15, 0.2) is 24.3 Å². The second-order valence-electron chi connectivity index (χ2n) is 6.32. The number of anilines is 1. The largest absolute Gasteiger partial charge is 0.327 e. The number of hydrogen-bond acceptors (Lipinski definition) is 3. The standard InChI is InChI=1S/C17H24N4O/c1-12(18)11-16(22)20-17-19-14-9-5-6-10-15(14)21(17)13-7-3-2-4-8-13/h5-6,9-10,12-13H,2-4,7-8,11,18H2,1H3,(H,19,20,22). The minimum absolute atomic E-state index is 0.0673.